The Morgan fingerprint density at radius 3 is 2.05 bits per heavy atom. The van der Waals surface area contributed by atoms with E-state index in [0.717, 1.165) is 20.8 Å². The Hall–Kier alpha value is -1.74. The number of aliphatic hydroxyl groups excluding tert-OH is 1. The second-order valence-electron chi connectivity index (χ2n) is 4.46. The van der Waals surface area contributed by atoms with Crippen LogP contribution in [-0.2, 0) is 33.3 Å². The lowest BCUT2D eigenvalue weighted by molar-refractivity contribution is -0.279. The second kappa shape index (κ2) is 7.32. The molecule has 0 aromatic heterocycles. The molecule has 0 radical (unpaired) electrons. The number of halogens is 1. The lowest BCUT2D eigenvalue weighted by atomic mass is 9.99. The number of hydrogen-bond acceptors (Lipinski definition) is 8. The zero-order valence-electron chi connectivity index (χ0n) is 11.8. The lowest BCUT2D eigenvalue weighted by Gasteiger charge is -2.40. The van der Waals surface area contributed by atoms with Gasteiger partial charge in [-0.25, -0.2) is 4.39 Å². The molecule has 0 bridgehead atoms. The van der Waals surface area contributed by atoms with Gasteiger partial charge in [0.2, 0.25) is 0 Å². The highest BCUT2D eigenvalue weighted by atomic mass is 19.1. The fourth-order valence-corrected chi connectivity index (χ4v) is 1.88. The summed E-state index contributed by atoms with van der Waals surface area (Å²) in [6.07, 6.45) is -8.07. The van der Waals surface area contributed by atoms with Crippen molar-refractivity contribution in [3.05, 3.63) is 0 Å². The third-order valence-electron chi connectivity index (χ3n) is 2.65. The van der Waals surface area contributed by atoms with E-state index in [2.05, 4.69) is 0 Å². The van der Waals surface area contributed by atoms with E-state index in [9.17, 15) is 23.9 Å². The Labute approximate surface area is 120 Å². The Balaban J connectivity index is 2.94. The molecular formula is C12H17FO8. The van der Waals surface area contributed by atoms with Crippen molar-refractivity contribution in [1.82, 2.24) is 0 Å². The molecule has 21 heavy (non-hydrogen) atoms. The first kappa shape index (κ1) is 17.3. The predicted octanol–water partition coefficient (Wildman–Crippen LogP) is -0.532. The predicted molar refractivity (Wildman–Crippen MR) is 63.5 cm³/mol. The smallest absolute Gasteiger partial charge is 0.303 e. The van der Waals surface area contributed by atoms with Crippen molar-refractivity contribution in [1.29, 1.82) is 0 Å². The van der Waals surface area contributed by atoms with Gasteiger partial charge in [0.15, 0.2) is 24.7 Å². The Kier molecular flexibility index (Phi) is 6.03. The van der Waals surface area contributed by atoms with E-state index in [1.807, 2.05) is 0 Å². The maximum Gasteiger partial charge on any atom is 0.303 e. The van der Waals surface area contributed by atoms with Gasteiger partial charge in [-0.1, -0.05) is 0 Å². The minimum Gasteiger partial charge on any atom is -0.463 e. The van der Waals surface area contributed by atoms with Crippen molar-refractivity contribution >= 4 is 17.9 Å². The van der Waals surface area contributed by atoms with Gasteiger partial charge in [-0.05, 0) is 0 Å². The van der Waals surface area contributed by atoms with Crippen molar-refractivity contribution in [2.45, 2.75) is 51.5 Å². The molecule has 120 valence electrons. The molecule has 1 heterocycles. The van der Waals surface area contributed by atoms with Crippen LogP contribution in [0.5, 0.6) is 0 Å². The average Bonchev–Trinajstić information content (AvgIpc) is 2.35. The summed E-state index contributed by atoms with van der Waals surface area (Å²) in [5.41, 5.74) is 0. The van der Waals surface area contributed by atoms with Gasteiger partial charge >= 0.3 is 17.9 Å². The van der Waals surface area contributed by atoms with Crippen LogP contribution in [0.25, 0.3) is 0 Å². The molecule has 0 amide bonds. The van der Waals surface area contributed by atoms with Crippen LogP contribution < -0.4 is 0 Å². The molecule has 0 spiro atoms. The Morgan fingerprint density at radius 1 is 1.05 bits per heavy atom. The van der Waals surface area contributed by atoms with Crippen molar-refractivity contribution in [2.24, 2.45) is 0 Å². The fourth-order valence-electron chi connectivity index (χ4n) is 1.88. The van der Waals surface area contributed by atoms with Gasteiger partial charge in [-0.15, -0.1) is 0 Å². The van der Waals surface area contributed by atoms with Crippen molar-refractivity contribution < 1.29 is 42.8 Å². The number of hydrogen-bond donors (Lipinski definition) is 1. The maximum atomic E-state index is 13.9. The molecule has 8 nitrogen and oxygen atoms in total. The van der Waals surface area contributed by atoms with E-state index >= 15 is 0 Å². The highest BCUT2D eigenvalue weighted by Crippen LogP contribution is 2.27. The summed E-state index contributed by atoms with van der Waals surface area (Å²) < 4.78 is 33.2. The summed E-state index contributed by atoms with van der Waals surface area (Å²) in [5.74, 6) is -2.22. The van der Waals surface area contributed by atoms with E-state index in [4.69, 9.17) is 18.9 Å². The number of carbonyl (C=O) groups excluding carboxylic acids is 3. The molecular weight excluding hydrogens is 291 g/mol. The van der Waals surface area contributed by atoms with Gasteiger partial charge in [-0.3, -0.25) is 14.4 Å². The SMILES string of the molecule is CC(=O)OC[C@H]1O[C@H](O)[C@H](F)[C@@H](OC(C)=O)[C@H]1OC(C)=O. The summed E-state index contributed by atoms with van der Waals surface area (Å²) in [6.45, 7) is 2.86. The van der Waals surface area contributed by atoms with Crippen molar-refractivity contribution in [3.63, 3.8) is 0 Å². The third kappa shape index (κ3) is 4.94. The lowest BCUT2D eigenvalue weighted by Crippen LogP contribution is -2.59. The van der Waals surface area contributed by atoms with E-state index in [-0.39, 0.29) is 0 Å². The number of ether oxygens (including phenoxy) is 4. The fraction of sp³-hybridized carbons (Fsp3) is 0.750. The van der Waals surface area contributed by atoms with Crippen LogP contribution in [0.15, 0.2) is 0 Å². The van der Waals surface area contributed by atoms with Crippen LogP contribution in [0.1, 0.15) is 20.8 Å². The van der Waals surface area contributed by atoms with Crippen LogP contribution in [0, 0.1) is 0 Å². The Bertz CT molecular complexity index is 412. The van der Waals surface area contributed by atoms with Crippen LogP contribution in [0.4, 0.5) is 4.39 Å². The van der Waals surface area contributed by atoms with Crippen LogP contribution in [0.2, 0.25) is 0 Å². The minimum absolute atomic E-state index is 0.394. The van der Waals surface area contributed by atoms with Gasteiger partial charge in [-0.2, -0.15) is 0 Å². The number of rotatable bonds is 4. The van der Waals surface area contributed by atoms with E-state index in [1.165, 1.54) is 0 Å². The van der Waals surface area contributed by atoms with E-state index in [0.29, 0.717) is 0 Å². The molecule has 1 saturated heterocycles. The molecule has 9 heteroatoms. The summed E-state index contributed by atoms with van der Waals surface area (Å²) in [5, 5.41) is 9.48. The van der Waals surface area contributed by atoms with Gasteiger partial charge in [0.1, 0.15) is 12.7 Å². The highest BCUT2D eigenvalue weighted by Gasteiger charge is 2.50. The first-order valence-corrected chi connectivity index (χ1v) is 6.17. The summed E-state index contributed by atoms with van der Waals surface area (Å²) >= 11 is 0. The van der Waals surface area contributed by atoms with Gasteiger partial charge in [0, 0.05) is 20.8 Å². The molecule has 1 N–H and O–H groups in total. The molecule has 0 aliphatic carbocycles. The molecule has 1 aliphatic heterocycles. The summed E-state index contributed by atoms with van der Waals surface area (Å²) in [4.78, 5) is 32.9. The third-order valence-corrected chi connectivity index (χ3v) is 2.65. The topological polar surface area (TPSA) is 108 Å². The number of esters is 3. The average molecular weight is 308 g/mol. The Morgan fingerprint density at radius 2 is 1.57 bits per heavy atom. The standard InChI is InChI=1S/C12H17FO8/c1-5(14)18-4-8-10(19-6(2)15)11(20-7(3)16)9(13)12(17)21-8/h8-12,17H,4H2,1-3H3/t8-,9-,10+,11-,12+/m1/s1. The second-order valence-corrected chi connectivity index (χ2v) is 4.46. The van der Waals surface area contributed by atoms with E-state index < -0.39 is 55.3 Å². The number of carbonyl (C=O) groups is 3. The zero-order chi connectivity index (χ0) is 16.2. The monoisotopic (exact) mass is 308 g/mol. The van der Waals surface area contributed by atoms with Crippen molar-refractivity contribution in [2.75, 3.05) is 6.61 Å². The molecule has 0 aromatic carbocycles. The normalized spacial score (nSPS) is 32.1. The minimum atomic E-state index is -2.10. The molecule has 1 rings (SSSR count). The molecule has 1 fully saturated rings. The largest absolute Gasteiger partial charge is 0.463 e. The number of aliphatic hydroxyl groups is 1. The van der Waals surface area contributed by atoms with Gasteiger partial charge < -0.3 is 24.1 Å². The van der Waals surface area contributed by atoms with Crippen LogP contribution >= 0.6 is 0 Å². The molecule has 1 aliphatic rings. The van der Waals surface area contributed by atoms with Crippen LogP contribution in [-0.4, -0.2) is 60.4 Å². The zero-order valence-corrected chi connectivity index (χ0v) is 11.8. The van der Waals surface area contributed by atoms with Gasteiger partial charge in [0.05, 0.1) is 0 Å². The number of alkyl halides is 1. The van der Waals surface area contributed by atoms with E-state index in [1.54, 1.807) is 0 Å². The molecule has 0 unspecified atom stereocenters. The summed E-state index contributed by atoms with van der Waals surface area (Å²) in [7, 11) is 0. The first-order valence-electron chi connectivity index (χ1n) is 6.17. The van der Waals surface area contributed by atoms with Crippen molar-refractivity contribution in [3.8, 4) is 0 Å². The van der Waals surface area contributed by atoms with Gasteiger partial charge in [0.25, 0.3) is 0 Å². The maximum absolute atomic E-state index is 13.9. The molecule has 0 aromatic rings. The highest BCUT2D eigenvalue weighted by molar-refractivity contribution is 5.67. The quantitative estimate of drug-likeness (QED) is 0.545. The van der Waals surface area contributed by atoms with Crippen LogP contribution in [0.3, 0.4) is 0 Å². The first-order chi connectivity index (χ1) is 9.72. The summed E-state index contributed by atoms with van der Waals surface area (Å²) in [6, 6.07) is 0. The molecule has 5 atom stereocenters. The molecule has 0 saturated carbocycles.